The van der Waals surface area contributed by atoms with E-state index < -0.39 is 11.8 Å². The van der Waals surface area contributed by atoms with E-state index >= 15 is 0 Å². The molecule has 3 aromatic rings. The molecule has 0 aliphatic heterocycles. The number of carbonyl (C=O) groups excluding carboxylic acids is 2. The first kappa shape index (κ1) is 21.3. The Bertz CT molecular complexity index is 1040. The summed E-state index contributed by atoms with van der Waals surface area (Å²) in [6.07, 6.45) is 0. The van der Waals surface area contributed by atoms with E-state index in [1.54, 1.807) is 36.4 Å². The van der Waals surface area contributed by atoms with Crippen molar-refractivity contribution in [3.63, 3.8) is 0 Å². The topological polar surface area (TPSA) is 79.5 Å². The van der Waals surface area contributed by atoms with Crippen molar-refractivity contribution in [2.75, 3.05) is 6.61 Å². The maximum atomic E-state index is 12.2. The second-order valence-corrected chi connectivity index (χ2v) is 6.93. The van der Waals surface area contributed by atoms with Gasteiger partial charge in [0.05, 0.1) is 5.02 Å². The number of hydrogen-bond donors (Lipinski definition) is 3. The van der Waals surface area contributed by atoms with Crippen LogP contribution in [0.25, 0.3) is 11.1 Å². The highest BCUT2D eigenvalue weighted by molar-refractivity contribution is 7.80. The third-order valence-electron chi connectivity index (χ3n) is 3.99. The van der Waals surface area contributed by atoms with Crippen LogP contribution in [0.1, 0.15) is 10.4 Å². The van der Waals surface area contributed by atoms with Gasteiger partial charge in [0.15, 0.2) is 11.7 Å². The smallest absolute Gasteiger partial charge is 0.269 e. The van der Waals surface area contributed by atoms with E-state index in [0.717, 1.165) is 11.1 Å². The maximum absolute atomic E-state index is 12.2. The molecule has 3 aromatic carbocycles. The molecule has 0 aliphatic carbocycles. The molecule has 0 atom stereocenters. The first-order valence-electron chi connectivity index (χ1n) is 8.96. The van der Waals surface area contributed by atoms with Crippen LogP contribution >= 0.6 is 23.8 Å². The van der Waals surface area contributed by atoms with Crippen molar-refractivity contribution >= 4 is 40.7 Å². The standard InChI is InChI=1S/C22H18ClN3O3S/c23-18-8-4-5-9-19(18)29-14-20(27)24-22(30)26-25-21(28)17-12-10-16(11-13-17)15-6-2-1-3-7-15/h1-13H,14H2,(H,25,28)(H2,24,26,27,30). The predicted molar refractivity (Wildman–Crippen MR) is 120 cm³/mol. The van der Waals surface area contributed by atoms with Crippen molar-refractivity contribution in [3.8, 4) is 16.9 Å². The first-order chi connectivity index (χ1) is 14.5. The van der Waals surface area contributed by atoms with Crippen molar-refractivity contribution in [2.24, 2.45) is 0 Å². The molecular weight excluding hydrogens is 422 g/mol. The van der Waals surface area contributed by atoms with E-state index in [1.807, 2.05) is 42.5 Å². The highest BCUT2D eigenvalue weighted by atomic mass is 35.5. The highest BCUT2D eigenvalue weighted by Gasteiger charge is 2.10. The lowest BCUT2D eigenvalue weighted by Crippen LogP contribution is -2.49. The minimum absolute atomic E-state index is 0.0583. The fourth-order valence-electron chi connectivity index (χ4n) is 2.53. The Kier molecular flexibility index (Phi) is 7.37. The minimum atomic E-state index is -0.492. The number of rotatable bonds is 5. The SMILES string of the molecule is O=C(COc1ccccc1Cl)NC(=S)NNC(=O)c1ccc(-c2ccccc2)cc1. The van der Waals surface area contributed by atoms with Crippen LogP contribution in [0.2, 0.25) is 5.02 Å². The molecule has 8 heteroatoms. The van der Waals surface area contributed by atoms with Crippen LogP contribution in [-0.4, -0.2) is 23.5 Å². The monoisotopic (exact) mass is 439 g/mol. The molecule has 0 aliphatic rings. The van der Waals surface area contributed by atoms with Crippen LogP contribution in [0.15, 0.2) is 78.9 Å². The van der Waals surface area contributed by atoms with Gasteiger partial charge >= 0.3 is 0 Å². The summed E-state index contributed by atoms with van der Waals surface area (Å²) in [5.74, 6) is -0.493. The average molecular weight is 440 g/mol. The van der Waals surface area contributed by atoms with Gasteiger partial charge in [-0.2, -0.15) is 0 Å². The summed E-state index contributed by atoms with van der Waals surface area (Å²) < 4.78 is 5.32. The fraction of sp³-hybridized carbons (Fsp3) is 0.0455. The van der Waals surface area contributed by atoms with Gasteiger partial charge in [-0.3, -0.25) is 25.8 Å². The van der Waals surface area contributed by atoms with Crippen LogP contribution in [-0.2, 0) is 4.79 Å². The molecule has 3 rings (SSSR count). The quantitative estimate of drug-likeness (QED) is 0.417. The van der Waals surface area contributed by atoms with Gasteiger partial charge in [0, 0.05) is 5.56 Å². The maximum Gasteiger partial charge on any atom is 0.269 e. The normalized spacial score (nSPS) is 10.0. The number of ether oxygens (including phenoxy) is 1. The van der Waals surface area contributed by atoms with Crippen LogP contribution in [0, 0.1) is 0 Å². The summed E-state index contributed by atoms with van der Waals surface area (Å²) in [6.45, 7) is -0.277. The summed E-state index contributed by atoms with van der Waals surface area (Å²) in [6, 6.07) is 23.8. The highest BCUT2D eigenvalue weighted by Crippen LogP contribution is 2.22. The molecule has 0 saturated heterocycles. The number of thiocarbonyl (C=S) groups is 1. The Morgan fingerprint density at radius 2 is 1.47 bits per heavy atom. The van der Waals surface area contributed by atoms with E-state index in [4.69, 9.17) is 28.6 Å². The molecule has 0 bridgehead atoms. The van der Waals surface area contributed by atoms with Crippen molar-refractivity contribution in [2.45, 2.75) is 0 Å². The van der Waals surface area contributed by atoms with Gasteiger partial charge in [-0.15, -0.1) is 0 Å². The molecule has 30 heavy (non-hydrogen) atoms. The van der Waals surface area contributed by atoms with Crippen molar-refractivity contribution < 1.29 is 14.3 Å². The Morgan fingerprint density at radius 1 is 0.833 bits per heavy atom. The van der Waals surface area contributed by atoms with E-state index in [1.165, 1.54) is 0 Å². The average Bonchev–Trinajstić information content (AvgIpc) is 2.77. The van der Waals surface area contributed by atoms with E-state index in [9.17, 15) is 9.59 Å². The third-order valence-corrected chi connectivity index (χ3v) is 4.51. The molecule has 0 unspecified atom stereocenters. The lowest BCUT2D eigenvalue weighted by molar-refractivity contribution is -0.121. The van der Waals surface area contributed by atoms with Gasteiger partial charge in [-0.1, -0.05) is 66.2 Å². The van der Waals surface area contributed by atoms with Gasteiger partial charge in [0.1, 0.15) is 5.75 Å². The molecular formula is C22H18ClN3O3S. The molecule has 0 radical (unpaired) electrons. The van der Waals surface area contributed by atoms with Crippen molar-refractivity contribution in [1.82, 2.24) is 16.2 Å². The summed E-state index contributed by atoms with van der Waals surface area (Å²) in [4.78, 5) is 24.2. The molecule has 152 valence electrons. The second-order valence-electron chi connectivity index (χ2n) is 6.12. The third kappa shape index (κ3) is 6.04. The molecule has 0 heterocycles. The van der Waals surface area contributed by atoms with Crippen LogP contribution in [0.5, 0.6) is 5.75 Å². The Morgan fingerprint density at radius 3 is 2.17 bits per heavy atom. The summed E-state index contributed by atoms with van der Waals surface area (Å²) in [5.41, 5.74) is 7.43. The molecule has 6 nitrogen and oxygen atoms in total. The van der Waals surface area contributed by atoms with Gasteiger partial charge in [-0.25, -0.2) is 0 Å². The molecule has 2 amide bonds. The van der Waals surface area contributed by atoms with Crippen molar-refractivity contribution in [1.29, 1.82) is 0 Å². The fourth-order valence-corrected chi connectivity index (χ4v) is 2.88. The molecule has 0 aromatic heterocycles. The number of benzene rings is 3. The number of halogens is 1. The molecule has 3 N–H and O–H groups in total. The minimum Gasteiger partial charge on any atom is -0.482 e. The largest absolute Gasteiger partial charge is 0.482 e. The Balaban J connectivity index is 1.44. The molecule has 0 spiro atoms. The van der Waals surface area contributed by atoms with Crippen LogP contribution in [0.3, 0.4) is 0 Å². The zero-order chi connectivity index (χ0) is 21.3. The summed E-state index contributed by atoms with van der Waals surface area (Å²) in [7, 11) is 0. The summed E-state index contributed by atoms with van der Waals surface area (Å²) >= 11 is 11.0. The Hall–Kier alpha value is -3.42. The van der Waals surface area contributed by atoms with Gasteiger partial charge in [0.2, 0.25) is 0 Å². The van der Waals surface area contributed by atoms with Gasteiger partial charge in [0.25, 0.3) is 11.8 Å². The number of hydrogen-bond acceptors (Lipinski definition) is 4. The number of amides is 2. The second kappa shape index (κ2) is 10.4. The zero-order valence-electron chi connectivity index (χ0n) is 15.7. The molecule has 0 fully saturated rings. The molecule has 0 saturated carbocycles. The number of para-hydroxylation sites is 1. The van der Waals surface area contributed by atoms with E-state index in [0.29, 0.717) is 16.3 Å². The predicted octanol–water partition coefficient (Wildman–Crippen LogP) is 3.72. The lowest BCUT2D eigenvalue weighted by Gasteiger charge is -2.12. The van der Waals surface area contributed by atoms with Crippen LogP contribution in [0.4, 0.5) is 0 Å². The Labute approximate surface area is 184 Å². The number of nitrogens with one attached hydrogen (secondary N) is 3. The van der Waals surface area contributed by atoms with E-state index in [-0.39, 0.29) is 11.7 Å². The zero-order valence-corrected chi connectivity index (χ0v) is 17.3. The van der Waals surface area contributed by atoms with Gasteiger partial charge < -0.3 is 4.74 Å². The van der Waals surface area contributed by atoms with E-state index in [2.05, 4.69) is 16.2 Å². The number of carbonyl (C=O) groups is 2. The van der Waals surface area contributed by atoms with Gasteiger partial charge in [-0.05, 0) is 47.6 Å². The lowest BCUT2D eigenvalue weighted by atomic mass is 10.0. The van der Waals surface area contributed by atoms with Crippen molar-refractivity contribution in [3.05, 3.63) is 89.4 Å². The van der Waals surface area contributed by atoms with Crippen LogP contribution < -0.4 is 20.9 Å². The first-order valence-corrected chi connectivity index (χ1v) is 9.74. The number of hydrazine groups is 1. The summed E-state index contributed by atoms with van der Waals surface area (Å²) in [5, 5.41) is 2.75.